The average molecular weight is 351 g/mol. The Labute approximate surface area is 151 Å². The number of nitrogens with one attached hydrogen (secondary N) is 1. The molecule has 3 heterocycles. The molecule has 1 saturated heterocycles. The van der Waals surface area contributed by atoms with Crippen molar-refractivity contribution >= 4 is 22.9 Å². The molecule has 26 heavy (non-hydrogen) atoms. The first-order valence-electron chi connectivity index (χ1n) is 8.67. The topological polar surface area (TPSA) is 78.7 Å². The van der Waals surface area contributed by atoms with Gasteiger partial charge in [0.2, 0.25) is 5.91 Å². The van der Waals surface area contributed by atoms with Crippen LogP contribution in [0.25, 0.3) is 5.65 Å². The minimum absolute atomic E-state index is 0.0484. The first-order valence-corrected chi connectivity index (χ1v) is 8.67. The molecule has 3 aromatic rings. The molecular formula is C18H21N7O. The van der Waals surface area contributed by atoms with Crippen molar-refractivity contribution in [1.82, 2.24) is 24.7 Å². The van der Waals surface area contributed by atoms with Gasteiger partial charge in [0.05, 0.1) is 11.9 Å². The van der Waals surface area contributed by atoms with E-state index in [1.54, 1.807) is 10.8 Å². The lowest BCUT2D eigenvalue weighted by molar-refractivity contribution is -0.114. The third kappa shape index (κ3) is 3.65. The van der Waals surface area contributed by atoms with E-state index in [9.17, 15) is 4.79 Å². The summed E-state index contributed by atoms with van der Waals surface area (Å²) >= 11 is 0. The van der Waals surface area contributed by atoms with Crippen LogP contribution < -0.4 is 10.2 Å². The fourth-order valence-electron chi connectivity index (χ4n) is 3.21. The molecule has 0 atom stereocenters. The highest BCUT2D eigenvalue weighted by Crippen LogP contribution is 2.18. The van der Waals surface area contributed by atoms with Crippen LogP contribution in [0, 0.1) is 0 Å². The molecule has 1 N–H and O–H groups in total. The molecule has 1 amide bonds. The second kappa shape index (κ2) is 7.09. The number of fused-ring (bicyclic) bond motifs is 1. The number of amides is 1. The summed E-state index contributed by atoms with van der Waals surface area (Å²) in [5.41, 5.74) is 3.94. The molecule has 1 fully saturated rings. The van der Waals surface area contributed by atoms with E-state index in [1.165, 1.54) is 12.5 Å². The second-order valence-electron chi connectivity index (χ2n) is 6.49. The Kier molecular flexibility index (Phi) is 4.49. The smallest absolute Gasteiger partial charge is 0.221 e. The number of aromatic nitrogens is 4. The highest BCUT2D eigenvalue weighted by atomic mass is 16.1. The van der Waals surface area contributed by atoms with E-state index in [2.05, 4.69) is 42.5 Å². The lowest BCUT2D eigenvalue weighted by Crippen LogP contribution is -2.46. The maximum absolute atomic E-state index is 11.1. The number of rotatable bonds is 4. The Morgan fingerprint density at radius 1 is 1.15 bits per heavy atom. The molecule has 1 aromatic carbocycles. The number of piperazine rings is 1. The minimum atomic E-state index is -0.0484. The quantitative estimate of drug-likeness (QED) is 0.766. The lowest BCUT2D eigenvalue weighted by Gasteiger charge is -2.35. The highest BCUT2D eigenvalue weighted by Gasteiger charge is 2.18. The summed E-state index contributed by atoms with van der Waals surface area (Å²) in [5, 5.41) is 15.1. The fourth-order valence-corrected chi connectivity index (χ4v) is 3.21. The Hall–Kier alpha value is -3.00. The average Bonchev–Trinajstić information content (AvgIpc) is 3.11. The van der Waals surface area contributed by atoms with Crippen molar-refractivity contribution in [2.45, 2.75) is 13.5 Å². The van der Waals surface area contributed by atoms with Crippen LogP contribution in [-0.2, 0) is 11.3 Å². The van der Waals surface area contributed by atoms with Gasteiger partial charge >= 0.3 is 0 Å². The number of nitrogens with zero attached hydrogens (tertiary/aromatic N) is 6. The van der Waals surface area contributed by atoms with Crippen LogP contribution in [0.2, 0.25) is 0 Å². The van der Waals surface area contributed by atoms with E-state index < -0.39 is 0 Å². The molecule has 8 nitrogen and oxygen atoms in total. The first-order chi connectivity index (χ1) is 12.7. The van der Waals surface area contributed by atoms with E-state index >= 15 is 0 Å². The van der Waals surface area contributed by atoms with Crippen molar-refractivity contribution in [3.8, 4) is 0 Å². The van der Waals surface area contributed by atoms with Gasteiger partial charge in [0.15, 0.2) is 5.65 Å². The summed E-state index contributed by atoms with van der Waals surface area (Å²) in [7, 11) is 0. The molecular weight excluding hydrogens is 330 g/mol. The van der Waals surface area contributed by atoms with Crippen molar-refractivity contribution < 1.29 is 4.79 Å². The molecule has 134 valence electrons. The molecule has 0 bridgehead atoms. The molecule has 0 unspecified atom stereocenters. The summed E-state index contributed by atoms with van der Waals surface area (Å²) in [6, 6.07) is 10.1. The predicted molar refractivity (Wildman–Crippen MR) is 99.0 cm³/mol. The summed E-state index contributed by atoms with van der Waals surface area (Å²) in [5.74, 6) is -0.0484. The third-order valence-electron chi connectivity index (χ3n) is 4.57. The van der Waals surface area contributed by atoms with Gasteiger partial charge in [-0.3, -0.25) is 9.69 Å². The molecule has 0 saturated carbocycles. The van der Waals surface area contributed by atoms with Crippen LogP contribution in [0.3, 0.4) is 0 Å². The van der Waals surface area contributed by atoms with Crippen molar-refractivity contribution in [1.29, 1.82) is 0 Å². The zero-order valence-corrected chi connectivity index (χ0v) is 14.7. The fraction of sp³-hybridized carbons (Fsp3) is 0.333. The van der Waals surface area contributed by atoms with E-state index in [4.69, 9.17) is 0 Å². The molecule has 8 heteroatoms. The van der Waals surface area contributed by atoms with Crippen LogP contribution in [0.15, 0.2) is 42.9 Å². The predicted octanol–water partition coefficient (Wildman–Crippen LogP) is 1.40. The molecule has 0 radical (unpaired) electrons. The van der Waals surface area contributed by atoms with Gasteiger partial charge in [0, 0.05) is 51.4 Å². The Balaban J connectivity index is 1.33. The largest absolute Gasteiger partial charge is 0.368 e. The zero-order valence-electron chi connectivity index (χ0n) is 14.7. The summed E-state index contributed by atoms with van der Waals surface area (Å²) < 4.78 is 1.67. The minimum Gasteiger partial charge on any atom is -0.368 e. The Morgan fingerprint density at radius 3 is 2.65 bits per heavy atom. The van der Waals surface area contributed by atoms with Gasteiger partial charge in [-0.05, 0) is 17.7 Å². The molecule has 0 spiro atoms. The van der Waals surface area contributed by atoms with Gasteiger partial charge < -0.3 is 10.2 Å². The van der Waals surface area contributed by atoms with Crippen molar-refractivity contribution in [3.05, 3.63) is 48.4 Å². The number of carbonyl (C=O) groups excluding carboxylic acids is 1. The lowest BCUT2D eigenvalue weighted by atomic mass is 10.1. The van der Waals surface area contributed by atoms with Gasteiger partial charge in [-0.15, -0.1) is 10.2 Å². The standard InChI is InChI=1S/C18H21N7O/c1-14(26)21-16-4-2-15(3-5-16)12-23-6-8-24(9-7-23)17-10-18-22-19-13-25(18)20-11-17/h2-5,10-11,13H,6-9,12H2,1H3,(H,21,26). The number of hydrogen-bond acceptors (Lipinski definition) is 6. The maximum Gasteiger partial charge on any atom is 0.221 e. The van der Waals surface area contributed by atoms with Gasteiger partial charge in [-0.1, -0.05) is 12.1 Å². The first kappa shape index (κ1) is 16.5. The van der Waals surface area contributed by atoms with Crippen LogP contribution >= 0.6 is 0 Å². The third-order valence-corrected chi connectivity index (χ3v) is 4.57. The Bertz CT molecular complexity index is 897. The van der Waals surface area contributed by atoms with E-state index in [0.717, 1.165) is 49.7 Å². The number of anilines is 2. The van der Waals surface area contributed by atoms with Crippen molar-refractivity contribution in [3.63, 3.8) is 0 Å². The highest BCUT2D eigenvalue weighted by molar-refractivity contribution is 5.88. The number of carbonyl (C=O) groups is 1. The molecule has 0 aliphatic carbocycles. The summed E-state index contributed by atoms with van der Waals surface area (Å²) in [6.45, 7) is 6.32. The second-order valence-corrected chi connectivity index (χ2v) is 6.49. The van der Waals surface area contributed by atoms with E-state index in [1.807, 2.05) is 24.4 Å². The van der Waals surface area contributed by atoms with Crippen LogP contribution in [0.1, 0.15) is 12.5 Å². The molecule has 1 aliphatic heterocycles. The Morgan fingerprint density at radius 2 is 1.92 bits per heavy atom. The normalized spacial score (nSPS) is 15.3. The van der Waals surface area contributed by atoms with Crippen molar-refractivity contribution in [2.24, 2.45) is 0 Å². The number of hydrogen-bond donors (Lipinski definition) is 1. The SMILES string of the molecule is CC(=O)Nc1ccc(CN2CCN(c3cnn4cnnc4c3)CC2)cc1. The maximum atomic E-state index is 11.1. The van der Waals surface area contributed by atoms with Crippen LogP contribution in [0.5, 0.6) is 0 Å². The van der Waals surface area contributed by atoms with E-state index in [0.29, 0.717) is 0 Å². The molecule has 1 aliphatic rings. The van der Waals surface area contributed by atoms with Gasteiger partial charge in [0.1, 0.15) is 6.33 Å². The zero-order chi connectivity index (χ0) is 17.9. The van der Waals surface area contributed by atoms with Crippen LogP contribution in [0.4, 0.5) is 11.4 Å². The van der Waals surface area contributed by atoms with Gasteiger partial charge in [-0.25, -0.2) is 4.52 Å². The van der Waals surface area contributed by atoms with Gasteiger partial charge in [0.25, 0.3) is 0 Å². The summed E-state index contributed by atoms with van der Waals surface area (Å²) in [4.78, 5) is 15.9. The molecule has 4 rings (SSSR count). The van der Waals surface area contributed by atoms with Crippen LogP contribution in [-0.4, -0.2) is 56.8 Å². The monoisotopic (exact) mass is 351 g/mol. The number of benzene rings is 1. The van der Waals surface area contributed by atoms with Gasteiger partial charge in [-0.2, -0.15) is 5.10 Å². The summed E-state index contributed by atoms with van der Waals surface area (Å²) in [6.07, 6.45) is 3.47. The van der Waals surface area contributed by atoms with E-state index in [-0.39, 0.29) is 5.91 Å². The van der Waals surface area contributed by atoms with Crippen molar-refractivity contribution in [2.75, 3.05) is 36.4 Å². The molecule has 2 aromatic heterocycles.